The van der Waals surface area contributed by atoms with Crippen LogP contribution in [-0.4, -0.2) is 48.7 Å². The summed E-state index contributed by atoms with van der Waals surface area (Å²) in [6.45, 7) is 2.26. The topological polar surface area (TPSA) is 63.4 Å². The third-order valence-electron chi connectivity index (χ3n) is 6.00. The largest absolute Gasteiger partial charge is 0.492 e. The van der Waals surface area contributed by atoms with E-state index < -0.39 is 0 Å². The molecule has 0 amide bonds. The normalized spacial score (nSPS) is 11.2. The standard InChI is InChI=1S/C30H30N4O2/c1-34(2)20-21-35-25-13-11-23(12-14-25)29-27(22-8-4-3-5-9-22)28-26(16-19-33-30(28)36-29)32-18-15-24-10-6-7-17-31-24/h3-14,16-17,19H,15,18,20-21H2,1-2H3,(H,32,33). The SMILES string of the molecule is CN(C)CCOc1ccc(-c2oc3nccc(NCCc4ccccn4)c3c2-c2ccccc2)cc1. The van der Waals surface area contributed by atoms with Gasteiger partial charge in [-0.3, -0.25) is 4.98 Å². The predicted molar refractivity (Wildman–Crippen MR) is 145 cm³/mol. The van der Waals surface area contributed by atoms with E-state index in [1.165, 1.54) is 0 Å². The summed E-state index contributed by atoms with van der Waals surface area (Å²) in [5, 5.41) is 4.57. The fourth-order valence-corrected chi connectivity index (χ4v) is 4.17. The molecule has 3 aromatic heterocycles. The first-order valence-electron chi connectivity index (χ1n) is 12.2. The van der Waals surface area contributed by atoms with Crippen LogP contribution in [0, 0.1) is 0 Å². The molecule has 0 fully saturated rings. The summed E-state index contributed by atoms with van der Waals surface area (Å²) in [7, 11) is 4.07. The third-order valence-corrected chi connectivity index (χ3v) is 6.00. The predicted octanol–water partition coefficient (Wildman–Crippen LogP) is 6.15. The van der Waals surface area contributed by atoms with Gasteiger partial charge in [-0.05, 0) is 62.1 Å². The number of hydrogen-bond acceptors (Lipinski definition) is 6. The maximum atomic E-state index is 6.39. The van der Waals surface area contributed by atoms with Gasteiger partial charge < -0.3 is 19.4 Å². The van der Waals surface area contributed by atoms with E-state index in [1.807, 2.05) is 87.0 Å². The number of pyridine rings is 2. The quantitative estimate of drug-likeness (QED) is 0.260. The number of ether oxygens (including phenoxy) is 1. The molecule has 182 valence electrons. The van der Waals surface area contributed by atoms with E-state index in [4.69, 9.17) is 9.15 Å². The average Bonchev–Trinajstić information content (AvgIpc) is 3.31. The van der Waals surface area contributed by atoms with Crippen LogP contribution in [0.2, 0.25) is 0 Å². The first-order chi connectivity index (χ1) is 17.7. The van der Waals surface area contributed by atoms with Crippen LogP contribution in [0.3, 0.4) is 0 Å². The van der Waals surface area contributed by atoms with Gasteiger partial charge in [0, 0.05) is 54.4 Å². The molecule has 0 unspecified atom stereocenters. The van der Waals surface area contributed by atoms with Crippen LogP contribution in [0.5, 0.6) is 5.75 Å². The summed E-state index contributed by atoms with van der Waals surface area (Å²) in [5.41, 5.74) is 5.75. The van der Waals surface area contributed by atoms with E-state index in [-0.39, 0.29) is 0 Å². The lowest BCUT2D eigenvalue weighted by molar-refractivity contribution is 0.261. The molecule has 3 heterocycles. The van der Waals surface area contributed by atoms with Crippen LogP contribution in [-0.2, 0) is 6.42 Å². The Morgan fingerprint density at radius 1 is 0.833 bits per heavy atom. The number of nitrogens with one attached hydrogen (secondary N) is 1. The highest BCUT2D eigenvalue weighted by Crippen LogP contribution is 2.43. The molecule has 0 saturated carbocycles. The zero-order valence-corrected chi connectivity index (χ0v) is 20.6. The molecular weight excluding hydrogens is 448 g/mol. The maximum absolute atomic E-state index is 6.39. The summed E-state index contributed by atoms with van der Waals surface area (Å²) < 4.78 is 12.3. The molecule has 36 heavy (non-hydrogen) atoms. The van der Waals surface area contributed by atoms with Crippen molar-refractivity contribution in [3.05, 3.63) is 97.0 Å². The van der Waals surface area contributed by atoms with Crippen molar-refractivity contribution < 1.29 is 9.15 Å². The van der Waals surface area contributed by atoms with Crippen LogP contribution in [0.1, 0.15) is 5.69 Å². The van der Waals surface area contributed by atoms with Crippen molar-refractivity contribution in [1.29, 1.82) is 0 Å². The molecule has 1 N–H and O–H groups in total. The molecule has 0 bridgehead atoms. The highest BCUT2D eigenvalue weighted by atomic mass is 16.5. The fraction of sp³-hybridized carbons (Fsp3) is 0.200. The Kier molecular flexibility index (Phi) is 7.24. The molecule has 0 aliphatic heterocycles. The second kappa shape index (κ2) is 11.1. The van der Waals surface area contributed by atoms with Crippen LogP contribution in [0.25, 0.3) is 33.6 Å². The number of hydrogen-bond donors (Lipinski definition) is 1. The Morgan fingerprint density at radius 3 is 2.39 bits per heavy atom. The van der Waals surface area contributed by atoms with Gasteiger partial charge in [0.1, 0.15) is 18.1 Å². The summed E-state index contributed by atoms with van der Waals surface area (Å²) in [6, 6.07) is 26.4. The number of likely N-dealkylation sites (N-methyl/N-ethyl adjacent to an activating group) is 1. The van der Waals surface area contributed by atoms with Gasteiger partial charge in [-0.15, -0.1) is 0 Å². The summed E-state index contributed by atoms with van der Waals surface area (Å²) in [5.74, 6) is 1.63. The molecule has 0 atom stereocenters. The van der Waals surface area contributed by atoms with Crippen LogP contribution in [0.4, 0.5) is 5.69 Å². The molecule has 5 aromatic rings. The first kappa shape index (κ1) is 23.6. The Bertz CT molecular complexity index is 1400. The maximum Gasteiger partial charge on any atom is 0.229 e. The lowest BCUT2D eigenvalue weighted by Crippen LogP contribution is -2.19. The second-order valence-electron chi connectivity index (χ2n) is 8.88. The van der Waals surface area contributed by atoms with Crippen molar-refractivity contribution in [2.24, 2.45) is 0 Å². The van der Waals surface area contributed by atoms with Crippen molar-refractivity contribution >= 4 is 16.8 Å². The lowest BCUT2D eigenvalue weighted by atomic mass is 9.98. The Morgan fingerprint density at radius 2 is 1.64 bits per heavy atom. The van der Waals surface area contributed by atoms with Gasteiger partial charge in [0.15, 0.2) is 0 Å². The molecule has 2 aromatic carbocycles. The van der Waals surface area contributed by atoms with E-state index in [0.717, 1.165) is 64.5 Å². The summed E-state index contributed by atoms with van der Waals surface area (Å²) >= 11 is 0. The van der Waals surface area contributed by atoms with Gasteiger partial charge >= 0.3 is 0 Å². The average molecular weight is 479 g/mol. The van der Waals surface area contributed by atoms with Gasteiger partial charge in [0.25, 0.3) is 0 Å². The highest BCUT2D eigenvalue weighted by Gasteiger charge is 2.21. The van der Waals surface area contributed by atoms with Gasteiger partial charge in [0.2, 0.25) is 5.71 Å². The molecule has 6 heteroatoms. The van der Waals surface area contributed by atoms with Crippen molar-refractivity contribution in [3.8, 4) is 28.2 Å². The molecule has 0 radical (unpaired) electrons. The Hall–Kier alpha value is -4.16. The number of nitrogens with zero attached hydrogens (tertiary/aromatic N) is 3. The molecular formula is C30H30N4O2. The van der Waals surface area contributed by atoms with Crippen molar-refractivity contribution in [2.75, 3.05) is 39.1 Å². The monoisotopic (exact) mass is 478 g/mol. The van der Waals surface area contributed by atoms with Crippen LogP contribution in [0.15, 0.2) is 95.7 Å². The summed E-state index contributed by atoms with van der Waals surface area (Å²) in [4.78, 5) is 11.1. The Labute approximate surface area is 211 Å². The van der Waals surface area contributed by atoms with E-state index in [0.29, 0.717) is 12.3 Å². The smallest absolute Gasteiger partial charge is 0.229 e. The number of rotatable bonds is 10. The number of anilines is 1. The van der Waals surface area contributed by atoms with Crippen LogP contribution < -0.4 is 10.1 Å². The Balaban J connectivity index is 1.49. The van der Waals surface area contributed by atoms with Gasteiger partial charge in [-0.25, -0.2) is 4.98 Å². The molecule has 5 rings (SSSR count). The van der Waals surface area contributed by atoms with E-state index >= 15 is 0 Å². The number of benzene rings is 2. The minimum Gasteiger partial charge on any atom is -0.492 e. The number of aromatic nitrogens is 2. The molecule has 0 spiro atoms. The molecule has 0 aliphatic rings. The van der Waals surface area contributed by atoms with Gasteiger partial charge in [0.05, 0.1) is 5.39 Å². The minimum atomic E-state index is 0.609. The molecule has 0 aliphatic carbocycles. The first-order valence-corrected chi connectivity index (χ1v) is 12.2. The van der Waals surface area contributed by atoms with Crippen LogP contribution >= 0.6 is 0 Å². The number of fused-ring (bicyclic) bond motifs is 1. The molecule has 6 nitrogen and oxygen atoms in total. The third kappa shape index (κ3) is 5.39. The van der Waals surface area contributed by atoms with E-state index in [2.05, 4.69) is 32.3 Å². The fourth-order valence-electron chi connectivity index (χ4n) is 4.17. The van der Waals surface area contributed by atoms with Crippen molar-refractivity contribution in [3.63, 3.8) is 0 Å². The zero-order valence-electron chi connectivity index (χ0n) is 20.6. The van der Waals surface area contributed by atoms with Crippen molar-refractivity contribution in [1.82, 2.24) is 14.9 Å². The molecule has 0 saturated heterocycles. The highest BCUT2D eigenvalue weighted by molar-refractivity contribution is 6.06. The van der Waals surface area contributed by atoms with Gasteiger partial charge in [-0.2, -0.15) is 0 Å². The summed E-state index contributed by atoms with van der Waals surface area (Å²) in [6.07, 6.45) is 4.44. The van der Waals surface area contributed by atoms with E-state index in [1.54, 1.807) is 6.20 Å². The van der Waals surface area contributed by atoms with Gasteiger partial charge in [-0.1, -0.05) is 36.4 Å². The zero-order chi connectivity index (χ0) is 24.7. The second-order valence-corrected chi connectivity index (χ2v) is 8.88. The van der Waals surface area contributed by atoms with E-state index in [9.17, 15) is 0 Å². The number of furan rings is 1. The lowest BCUT2D eigenvalue weighted by Gasteiger charge is -2.11. The minimum absolute atomic E-state index is 0.609. The van der Waals surface area contributed by atoms with Crippen molar-refractivity contribution in [2.45, 2.75) is 6.42 Å².